The average molecular weight is 421 g/mol. The second-order valence-corrected chi connectivity index (χ2v) is 9.67. The molecule has 28 heavy (non-hydrogen) atoms. The SMILES string of the molecule is C#CCNS(=O)(=O)c1ccc(C(=O)NCCCS(=O)(=O)c2ccccc2)cc1. The Morgan fingerprint density at radius 3 is 2.18 bits per heavy atom. The average Bonchev–Trinajstić information content (AvgIpc) is 2.70. The van der Waals surface area contributed by atoms with Gasteiger partial charge in [0.1, 0.15) is 0 Å². The largest absolute Gasteiger partial charge is 0.352 e. The molecule has 0 spiro atoms. The minimum atomic E-state index is -3.72. The van der Waals surface area contributed by atoms with Crippen molar-refractivity contribution < 1.29 is 21.6 Å². The number of carbonyl (C=O) groups is 1. The van der Waals surface area contributed by atoms with Crippen LogP contribution in [0.4, 0.5) is 0 Å². The van der Waals surface area contributed by atoms with E-state index in [1.807, 2.05) is 0 Å². The lowest BCUT2D eigenvalue weighted by Gasteiger charge is -2.08. The standard InChI is InChI=1S/C19H20N2O5S2/c1-2-13-21-28(25,26)18-11-9-16(10-12-18)19(22)20-14-6-15-27(23,24)17-7-4-3-5-8-17/h1,3-5,7-12,21H,6,13-15H2,(H,20,22). The fourth-order valence-corrected chi connectivity index (χ4v) is 4.58. The van der Waals surface area contributed by atoms with Crippen LogP contribution in [0.25, 0.3) is 0 Å². The van der Waals surface area contributed by atoms with Crippen molar-refractivity contribution in [1.29, 1.82) is 0 Å². The maximum absolute atomic E-state index is 12.2. The first-order chi connectivity index (χ1) is 13.3. The van der Waals surface area contributed by atoms with E-state index in [0.717, 1.165) is 0 Å². The predicted octanol–water partition coefficient (Wildman–Crippen LogP) is 1.19. The van der Waals surface area contributed by atoms with Gasteiger partial charge in [-0.15, -0.1) is 6.42 Å². The Kier molecular flexibility index (Phi) is 7.34. The highest BCUT2D eigenvalue weighted by molar-refractivity contribution is 7.91. The topological polar surface area (TPSA) is 109 Å². The van der Waals surface area contributed by atoms with Gasteiger partial charge in [0.25, 0.3) is 5.91 Å². The Morgan fingerprint density at radius 1 is 0.929 bits per heavy atom. The van der Waals surface area contributed by atoms with E-state index in [1.165, 1.54) is 36.4 Å². The first-order valence-corrected chi connectivity index (χ1v) is 11.5. The number of hydrogen-bond acceptors (Lipinski definition) is 5. The zero-order chi connectivity index (χ0) is 20.6. The van der Waals surface area contributed by atoms with E-state index in [-0.39, 0.29) is 40.6 Å². The highest BCUT2D eigenvalue weighted by Gasteiger charge is 2.15. The summed E-state index contributed by atoms with van der Waals surface area (Å²) >= 11 is 0. The maximum Gasteiger partial charge on any atom is 0.251 e. The molecule has 7 nitrogen and oxygen atoms in total. The molecule has 2 N–H and O–H groups in total. The maximum atomic E-state index is 12.2. The van der Waals surface area contributed by atoms with Crippen molar-refractivity contribution >= 4 is 25.8 Å². The van der Waals surface area contributed by atoms with Crippen LogP contribution in [-0.4, -0.2) is 41.6 Å². The van der Waals surface area contributed by atoms with Crippen molar-refractivity contribution in [3.8, 4) is 12.3 Å². The van der Waals surface area contributed by atoms with E-state index in [4.69, 9.17) is 6.42 Å². The van der Waals surface area contributed by atoms with Gasteiger partial charge < -0.3 is 5.32 Å². The number of rotatable bonds is 9. The van der Waals surface area contributed by atoms with Crippen LogP contribution in [0.1, 0.15) is 16.8 Å². The monoisotopic (exact) mass is 420 g/mol. The van der Waals surface area contributed by atoms with Crippen LogP contribution in [-0.2, 0) is 19.9 Å². The van der Waals surface area contributed by atoms with E-state index >= 15 is 0 Å². The lowest BCUT2D eigenvalue weighted by Crippen LogP contribution is -2.26. The van der Waals surface area contributed by atoms with Gasteiger partial charge in [-0.1, -0.05) is 24.1 Å². The third-order valence-electron chi connectivity index (χ3n) is 3.77. The number of hydrogen-bond donors (Lipinski definition) is 2. The van der Waals surface area contributed by atoms with E-state index < -0.39 is 25.8 Å². The zero-order valence-corrected chi connectivity index (χ0v) is 16.6. The summed E-state index contributed by atoms with van der Waals surface area (Å²) in [5, 5.41) is 2.62. The molecule has 0 aliphatic heterocycles. The molecule has 2 aromatic carbocycles. The summed E-state index contributed by atoms with van der Waals surface area (Å²) in [6.45, 7) is 0.0468. The summed E-state index contributed by atoms with van der Waals surface area (Å²) in [7, 11) is -7.11. The summed E-state index contributed by atoms with van der Waals surface area (Å²) in [6.07, 6.45) is 5.28. The van der Waals surface area contributed by atoms with Gasteiger partial charge in [-0.25, -0.2) is 16.8 Å². The molecule has 2 rings (SSSR count). The van der Waals surface area contributed by atoms with Gasteiger partial charge in [-0.3, -0.25) is 4.79 Å². The number of carbonyl (C=O) groups excluding carboxylic acids is 1. The highest BCUT2D eigenvalue weighted by Crippen LogP contribution is 2.12. The van der Waals surface area contributed by atoms with Gasteiger partial charge >= 0.3 is 0 Å². The van der Waals surface area contributed by atoms with Crippen LogP contribution in [0.3, 0.4) is 0 Å². The van der Waals surface area contributed by atoms with Crippen molar-refractivity contribution in [3.05, 3.63) is 60.2 Å². The Bertz CT molecular complexity index is 1060. The van der Waals surface area contributed by atoms with Crippen LogP contribution in [0.5, 0.6) is 0 Å². The van der Waals surface area contributed by atoms with E-state index in [2.05, 4.69) is 16.0 Å². The number of benzene rings is 2. The number of nitrogens with one attached hydrogen (secondary N) is 2. The molecule has 1 amide bonds. The molecule has 148 valence electrons. The van der Waals surface area contributed by atoms with E-state index in [0.29, 0.717) is 0 Å². The molecule has 0 bridgehead atoms. The van der Waals surface area contributed by atoms with Crippen LogP contribution in [0.15, 0.2) is 64.4 Å². The van der Waals surface area contributed by atoms with Crippen molar-refractivity contribution in [1.82, 2.24) is 10.0 Å². The lowest BCUT2D eigenvalue weighted by atomic mass is 10.2. The third-order valence-corrected chi connectivity index (χ3v) is 7.00. The minimum absolute atomic E-state index is 0.00625. The fourth-order valence-electron chi connectivity index (χ4n) is 2.32. The van der Waals surface area contributed by atoms with Crippen LogP contribution in [0.2, 0.25) is 0 Å². The molecule has 0 aliphatic rings. The Labute approximate surface area is 165 Å². The predicted molar refractivity (Wildman–Crippen MR) is 106 cm³/mol. The summed E-state index contributed by atoms with van der Waals surface area (Å²) in [5.74, 6) is 1.67. The number of sulfone groups is 1. The normalized spacial score (nSPS) is 11.5. The molecule has 0 radical (unpaired) electrons. The summed E-state index contributed by atoms with van der Waals surface area (Å²) < 4.78 is 50.4. The van der Waals surface area contributed by atoms with Crippen molar-refractivity contribution in [3.63, 3.8) is 0 Å². The molecule has 0 unspecified atom stereocenters. The zero-order valence-electron chi connectivity index (χ0n) is 15.0. The molecule has 9 heteroatoms. The molecular weight excluding hydrogens is 400 g/mol. The Hall–Kier alpha value is -2.67. The quantitative estimate of drug-likeness (QED) is 0.468. The Balaban J connectivity index is 1.88. The molecular formula is C19H20N2O5S2. The second kappa shape index (κ2) is 9.50. The van der Waals surface area contributed by atoms with Gasteiger partial charge in [0.2, 0.25) is 10.0 Å². The molecule has 0 aromatic heterocycles. The Morgan fingerprint density at radius 2 is 1.57 bits per heavy atom. The third kappa shape index (κ3) is 5.92. The van der Waals surface area contributed by atoms with Crippen molar-refractivity contribution in [2.24, 2.45) is 0 Å². The van der Waals surface area contributed by atoms with Gasteiger partial charge in [0.15, 0.2) is 9.84 Å². The molecule has 0 atom stereocenters. The van der Waals surface area contributed by atoms with Crippen molar-refractivity contribution in [2.75, 3.05) is 18.8 Å². The number of sulfonamides is 1. The molecule has 0 saturated heterocycles. The van der Waals surface area contributed by atoms with E-state index in [9.17, 15) is 21.6 Å². The summed E-state index contributed by atoms with van der Waals surface area (Å²) in [5.41, 5.74) is 0.266. The smallest absolute Gasteiger partial charge is 0.251 e. The van der Waals surface area contributed by atoms with Crippen LogP contribution >= 0.6 is 0 Å². The fraction of sp³-hybridized carbons (Fsp3) is 0.211. The lowest BCUT2D eigenvalue weighted by molar-refractivity contribution is 0.0953. The first-order valence-electron chi connectivity index (χ1n) is 8.35. The van der Waals surface area contributed by atoms with Crippen LogP contribution < -0.4 is 10.0 Å². The summed E-state index contributed by atoms with van der Waals surface area (Å²) in [4.78, 5) is 12.4. The van der Waals surface area contributed by atoms with Gasteiger partial charge in [-0.05, 0) is 42.8 Å². The second-order valence-electron chi connectivity index (χ2n) is 5.79. The molecule has 2 aromatic rings. The van der Waals surface area contributed by atoms with Gasteiger partial charge in [0.05, 0.1) is 22.1 Å². The molecule has 0 saturated carbocycles. The van der Waals surface area contributed by atoms with Gasteiger partial charge in [-0.2, -0.15) is 4.72 Å². The highest BCUT2D eigenvalue weighted by atomic mass is 32.2. The first kappa shape index (κ1) is 21.6. The number of terminal acetylenes is 1. The molecule has 0 fully saturated rings. The van der Waals surface area contributed by atoms with Gasteiger partial charge in [0, 0.05) is 12.1 Å². The minimum Gasteiger partial charge on any atom is -0.352 e. The number of amides is 1. The van der Waals surface area contributed by atoms with Crippen LogP contribution in [0, 0.1) is 12.3 Å². The van der Waals surface area contributed by atoms with E-state index in [1.54, 1.807) is 18.2 Å². The molecule has 0 heterocycles. The molecule has 0 aliphatic carbocycles. The van der Waals surface area contributed by atoms with Crippen molar-refractivity contribution in [2.45, 2.75) is 16.2 Å². The summed E-state index contributed by atoms with van der Waals surface area (Å²) in [6, 6.07) is 13.5.